The third-order valence-electron chi connectivity index (χ3n) is 2.06. The lowest BCUT2D eigenvalue weighted by Gasteiger charge is -1.99. The van der Waals surface area contributed by atoms with Crippen LogP contribution in [0.25, 0.3) is 0 Å². The van der Waals surface area contributed by atoms with Crippen molar-refractivity contribution in [2.45, 2.75) is 26.1 Å². The minimum absolute atomic E-state index is 0.0691. The molecule has 0 aliphatic carbocycles. The van der Waals surface area contributed by atoms with E-state index >= 15 is 0 Å². The van der Waals surface area contributed by atoms with Gasteiger partial charge in [-0.15, -0.1) is 0 Å². The molecule has 5 heteroatoms. The summed E-state index contributed by atoms with van der Waals surface area (Å²) in [5.74, 6) is -0.248. The Morgan fingerprint density at radius 1 is 1.57 bits per heavy atom. The van der Waals surface area contributed by atoms with Gasteiger partial charge in [-0.05, 0) is 0 Å². The highest BCUT2D eigenvalue weighted by Gasteiger charge is 2.14. The lowest BCUT2D eigenvalue weighted by atomic mass is 10.2. The van der Waals surface area contributed by atoms with Crippen molar-refractivity contribution in [1.82, 2.24) is 9.97 Å². The summed E-state index contributed by atoms with van der Waals surface area (Å²) in [7, 11) is 0. The molecule has 5 nitrogen and oxygen atoms in total. The molecule has 0 bridgehead atoms. The van der Waals surface area contributed by atoms with Gasteiger partial charge in [-0.25, -0.2) is 9.97 Å². The number of carboxylic acid groups (broad SMARTS) is 1. The molecular formula is C9H10N2O3. The fraction of sp³-hybridized carbons (Fsp3) is 0.444. The van der Waals surface area contributed by atoms with Crippen molar-refractivity contribution in [3.63, 3.8) is 0 Å². The summed E-state index contributed by atoms with van der Waals surface area (Å²) in [4.78, 5) is 18.6. The summed E-state index contributed by atoms with van der Waals surface area (Å²) in [6.45, 7) is 1.08. The molecule has 0 spiro atoms. The fourth-order valence-corrected chi connectivity index (χ4v) is 1.33. The average molecular weight is 194 g/mol. The maximum atomic E-state index is 10.3. The molecule has 1 aliphatic rings. The molecule has 1 aromatic heterocycles. The molecule has 14 heavy (non-hydrogen) atoms. The van der Waals surface area contributed by atoms with Crippen molar-refractivity contribution in [3.8, 4) is 0 Å². The number of fused-ring (bicyclic) bond motifs is 1. The number of hydrogen-bond acceptors (Lipinski definition) is 4. The van der Waals surface area contributed by atoms with Gasteiger partial charge in [0.05, 0.1) is 25.3 Å². The first-order valence-corrected chi connectivity index (χ1v) is 4.39. The van der Waals surface area contributed by atoms with Crippen LogP contribution in [0.4, 0.5) is 0 Å². The van der Waals surface area contributed by atoms with E-state index in [0.717, 1.165) is 11.3 Å². The molecular weight excluding hydrogens is 184 g/mol. The highest BCUT2D eigenvalue weighted by molar-refractivity contribution is 5.66. The topological polar surface area (TPSA) is 72.3 Å². The van der Waals surface area contributed by atoms with Gasteiger partial charge in [-0.1, -0.05) is 0 Å². The van der Waals surface area contributed by atoms with Crippen molar-refractivity contribution in [3.05, 3.63) is 23.3 Å². The van der Waals surface area contributed by atoms with Crippen LogP contribution in [-0.4, -0.2) is 21.0 Å². The van der Waals surface area contributed by atoms with Gasteiger partial charge in [-0.3, -0.25) is 4.79 Å². The molecule has 0 radical (unpaired) electrons. The fourth-order valence-electron chi connectivity index (χ4n) is 1.33. The van der Waals surface area contributed by atoms with Gasteiger partial charge < -0.3 is 9.84 Å². The van der Waals surface area contributed by atoms with Crippen LogP contribution in [0.1, 0.15) is 23.5 Å². The molecule has 0 unspecified atom stereocenters. The van der Waals surface area contributed by atoms with Gasteiger partial charge >= 0.3 is 5.97 Å². The largest absolute Gasteiger partial charge is 0.481 e. The number of aromatic nitrogens is 2. The van der Waals surface area contributed by atoms with Crippen LogP contribution in [-0.2, 0) is 29.2 Å². The number of rotatable bonds is 3. The van der Waals surface area contributed by atoms with Crippen molar-refractivity contribution < 1.29 is 14.6 Å². The molecule has 1 aliphatic heterocycles. The van der Waals surface area contributed by atoms with E-state index in [1.807, 2.05) is 0 Å². The number of hydrogen-bond donors (Lipinski definition) is 1. The van der Waals surface area contributed by atoms with Crippen LogP contribution in [0.5, 0.6) is 0 Å². The molecule has 0 fully saturated rings. The van der Waals surface area contributed by atoms with Crippen LogP contribution in [0.3, 0.4) is 0 Å². The summed E-state index contributed by atoms with van der Waals surface area (Å²) >= 11 is 0. The van der Waals surface area contributed by atoms with Crippen LogP contribution < -0.4 is 0 Å². The molecule has 0 aromatic carbocycles. The van der Waals surface area contributed by atoms with Gasteiger partial charge in [-0.2, -0.15) is 0 Å². The maximum Gasteiger partial charge on any atom is 0.303 e. The quantitative estimate of drug-likeness (QED) is 0.759. The van der Waals surface area contributed by atoms with E-state index in [0.29, 0.717) is 25.5 Å². The molecule has 0 saturated carbocycles. The third-order valence-corrected chi connectivity index (χ3v) is 2.06. The zero-order valence-electron chi connectivity index (χ0n) is 7.56. The highest BCUT2D eigenvalue weighted by atomic mass is 16.5. The summed E-state index contributed by atoms with van der Waals surface area (Å²) in [6, 6.07) is 0. The first kappa shape index (κ1) is 9.08. The number of ether oxygens (including phenoxy) is 1. The van der Waals surface area contributed by atoms with Gasteiger partial charge in [0.1, 0.15) is 5.82 Å². The van der Waals surface area contributed by atoms with Crippen LogP contribution in [0.15, 0.2) is 6.20 Å². The van der Waals surface area contributed by atoms with E-state index in [9.17, 15) is 4.79 Å². The Morgan fingerprint density at radius 2 is 2.43 bits per heavy atom. The Bertz CT molecular complexity index is 365. The molecule has 2 heterocycles. The normalized spacial score (nSPS) is 14.0. The van der Waals surface area contributed by atoms with E-state index < -0.39 is 5.97 Å². The van der Waals surface area contributed by atoms with E-state index in [4.69, 9.17) is 9.84 Å². The monoisotopic (exact) mass is 194 g/mol. The van der Waals surface area contributed by atoms with Crippen molar-refractivity contribution in [2.24, 2.45) is 0 Å². The van der Waals surface area contributed by atoms with E-state index in [-0.39, 0.29) is 6.42 Å². The molecule has 1 aromatic rings. The molecule has 0 saturated heterocycles. The predicted octanol–water partition coefficient (Wildman–Crippen LogP) is 0.524. The second-order valence-corrected chi connectivity index (χ2v) is 3.14. The van der Waals surface area contributed by atoms with Gasteiger partial charge in [0.25, 0.3) is 0 Å². The molecule has 74 valence electrons. The number of aryl methyl sites for hydroxylation is 1. The average Bonchev–Trinajstić information content (AvgIpc) is 2.61. The molecule has 0 amide bonds. The number of nitrogens with zero attached hydrogens (tertiary/aromatic N) is 2. The smallest absolute Gasteiger partial charge is 0.303 e. The summed E-state index contributed by atoms with van der Waals surface area (Å²) in [5.41, 5.74) is 1.89. The first-order valence-electron chi connectivity index (χ1n) is 4.39. The van der Waals surface area contributed by atoms with Gasteiger partial charge in [0.15, 0.2) is 0 Å². The zero-order valence-corrected chi connectivity index (χ0v) is 7.56. The molecule has 2 rings (SSSR count). The van der Waals surface area contributed by atoms with Gasteiger partial charge in [0.2, 0.25) is 0 Å². The Balaban J connectivity index is 2.09. The SMILES string of the molecule is O=C(O)CCc1ncc2c(n1)COC2. The first-order chi connectivity index (χ1) is 6.75. The number of carbonyl (C=O) groups is 1. The Hall–Kier alpha value is -1.49. The Kier molecular flexibility index (Phi) is 2.41. The Morgan fingerprint density at radius 3 is 3.21 bits per heavy atom. The second kappa shape index (κ2) is 3.71. The van der Waals surface area contributed by atoms with Crippen molar-refractivity contribution >= 4 is 5.97 Å². The third kappa shape index (κ3) is 1.88. The predicted molar refractivity (Wildman–Crippen MR) is 46.5 cm³/mol. The van der Waals surface area contributed by atoms with E-state index in [2.05, 4.69) is 9.97 Å². The Labute approximate surface area is 80.8 Å². The minimum atomic E-state index is -0.828. The second-order valence-electron chi connectivity index (χ2n) is 3.14. The molecule has 1 N–H and O–H groups in total. The van der Waals surface area contributed by atoms with Gasteiger partial charge in [0, 0.05) is 18.2 Å². The van der Waals surface area contributed by atoms with Crippen LogP contribution >= 0.6 is 0 Å². The van der Waals surface area contributed by atoms with Crippen LogP contribution in [0.2, 0.25) is 0 Å². The maximum absolute atomic E-state index is 10.3. The van der Waals surface area contributed by atoms with E-state index in [1.165, 1.54) is 0 Å². The number of carboxylic acids is 1. The minimum Gasteiger partial charge on any atom is -0.481 e. The van der Waals surface area contributed by atoms with Crippen LogP contribution in [0, 0.1) is 0 Å². The standard InChI is InChI=1S/C9H10N2O3/c12-9(13)2-1-8-10-3-6-4-14-5-7(6)11-8/h3H,1-2,4-5H2,(H,12,13). The summed E-state index contributed by atoms with van der Waals surface area (Å²) in [6.07, 6.45) is 2.16. The lowest BCUT2D eigenvalue weighted by molar-refractivity contribution is -0.137. The lowest BCUT2D eigenvalue weighted by Crippen LogP contribution is -2.03. The highest BCUT2D eigenvalue weighted by Crippen LogP contribution is 2.16. The van der Waals surface area contributed by atoms with Crippen molar-refractivity contribution in [1.29, 1.82) is 0 Å². The zero-order chi connectivity index (χ0) is 9.97. The summed E-state index contributed by atoms with van der Waals surface area (Å²) < 4.78 is 5.18. The van der Waals surface area contributed by atoms with Crippen molar-refractivity contribution in [2.75, 3.05) is 0 Å². The molecule has 0 atom stereocenters. The summed E-state index contributed by atoms with van der Waals surface area (Å²) in [5, 5.41) is 8.49. The van der Waals surface area contributed by atoms with E-state index in [1.54, 1.807) is 6.20 Å². The number of aliphatic carboxylic acids is 1.